The first-order valence-corrected chi connectivity index (χ1v) is 12.0. The molecule has 3 heteroatoms. The van der Waals surface area contributed by atoms with E-state index in [0.717, 1.165) is 32.2 Å². The number of unbranched alkanes of at least 4 members (excludes halogenated alkanes) is 2. The summed E-state index contributed by atoms with van der Waals surface area (Å²) in [6.45, 7) is 4.87. The third-order valence-corrected chi connectivity index (χ3v) is 6.99. The van der Waals surface area contributed by atoms with Crippen molar-refractivity contribution in [3.05, 3.63) is 54.1 Å². The van der Waals surface area contributed by atoms with Crippen LogP contribution in [-0.4, -0.2) is 29.0 Å². The molecule has 3 N–H and O–H groups in total. The lowest BCUT2D eigenvalue weighted by atomic mass is 9.89. The summed E-state index contributed by atoms with van der Waals surface area (Å²) in [7, 11) is 0. The van der Waals surface area contributed by atoms with Crippen LogP contribution in [0.4, 0.5) is 5.69 Å². The first kappa shape index (κ1) is 23.6. The molecule has 1 aromatic rings. The number of rotatable bonds is 10. The number of hydrogen-bond donors (Lipinski definition) is 3. The molecule has 2 fully saturated rings. The van der Waals surface area contributed by atoms with Crippen LogP contribution < -0.4 is 5.32 Å². The Morgan fingerprint density at radius 1 is 1.19 bits per heavy atom. The minimum atomic E-state index is -0.493. The highest BCUT2D eigenvalue weighted by Crippen LogP contribution is 2.50. The van der Waals surface area contributed by atoms with Gasteiger partial charge in [-0.2, -0.15) is 0 Å². The first-order valence-electron chi connectivity index (χ1n) is 12.0. The van der Waals surface area contributed by atoms with E-state index in [9.17, 15) is 10.2 Å². The number of para-hydroxylation sites is 1. The first-order chi connectivity index (χ1) is 15.1. The maximum absolute atomic E-state index is 10.6. The van der Waals surface area contributed by atoms with Crippen LogP contribution in [0.2, 0.25) is 0 Å². The number of aliphatic hydroxyl groups is 2. The Kier molecular flexibility index (Phi) is 9.25. The van der Waals surface area contributed by atoms with Crippen molar-refractivity contribution >= 4 is 5.69 Å². The topological polar surface area (TPSA) is 52.5 Å². The smallest absolute Gasteiger partial charge is 0.0755 e. The lowest BCUT2D eigenvalue weighted by molar-refractivity contribution is 0.137. The van der Waals surface area contributed by atoms with E-state index >= 15 is 0 Å². The number of anilines is 1. The van der Waals surface area contributed by atoms with E-state index in [-0.39, 0.29) is 17.9 Å². The largest absolute Gasteiger partial charge is 0.392 e. The maximum atomic E-state index is 10.6. The molecule has 0 bridgehead atoms. The summed E-state index contributed by atoms with van der Waals surface area (Å²) in [6, 6.07) is 10.4. The molecule has 0 aliphatic heterocycles. The summed E-state index contributed by atoms with van der Waals surface area (Å²) in [5.74, 6) is 7.34. The van der Waals surface area contributed by atoms with Crippen molar-refractivity contribution in [2.45, 2.75) is 71.0 Å². The zero-order valence-electron chi connectivity index (χ0n) is 19.1. The average Bonchev–Trinajstić information content (AvgIpc) is 3.29. The zero-order valence-corrected chi connectivity index (χ0v) is 19.1. The van der Waals surface area contributed by atoms with Gasteiger partial charge in [-0.05, 0) is 75.3 Å². The molecule has 3 rings (SSSR count). The fourth-order valence-corrected chi connectivity index (χ4v) is 5.12. The highest BCUT2D eigenvalue weighted by Gasteiger charge is 2.44. The second kappa shape index (κ2) is 12.1. The Labute approximate surface area is 188 Å². The highest BCUT2D eigenvalue weighted by atomic mass is 16.3. The fraction of sp³-hybridized carbons (Fsp3) is 0.571. The number of fused-ring (bicyclic) bond motifs is 1. The van der Waals surface area contributed by atoms with Gasteiger partial charge in [0.15, 0.2) is 0 Å². The van der Waals surface area contributed by atoms with E-state index < -0.39 is 6.10 Å². The number of aliphatic hydroxyl groups excluding tert-OH is 2. The highest BCUT2D eigenvalue weighted by molar-refractivity contribution is 5.42. The van der Waals surface area contributed by atoms with Crippen LogP contribution in [0.15, 0.2) is 54.1 Å². The van der Waals surface area contributed by atoms with E-state index in [1.54, 1.807) is 5.57 Å². The Morgan fingerprint density at radius 3 is 2.77 bits per heavy atom. The second-order valence-corrected chi connectivity index (χ2v) is 9.35. The molecule has 0 heterocycles. The van der Waals surface area contributed by atoms with Gasteiger partial charge in [-0.15, -0.1) is 11.8 Å². The molecular formula is C28H39NO2. The molecule has 2 saturated carbocycles. The van der Waals surface area contributed by atoms with E-state index in [4.69, 9.17) is 0 Å². The van der Waals surface area contributed by atoms with Crippen molar-refractivity contribution in [2.75, 3.05) is 11.9 Å². The lowest BCUT2D eigenvalue weighted by Gasteiger charge is -2.19. The van der Waals surface area contributed by atoms with Gasteiger partial charge in [-0.25, -0.2) is 0 Å². The Hall–Kier alpha value is -2.02. The standard InChI is InChI=1S/C28H39NO2/c1-3-4-11-21(2)27(30)16-15-25-26-19-22(18-23(26)20-28(25)31)12-7-6-10-17-29-24-13-8-5-9-14-24/h5,8-9,12-16,21,23,25-31H,6-7,10-11,17-20H2,1-2H3/b16-15+,22-12+/t21-,23-,25+,26-,27+,28+/m0/s1. The van der Waals surface area contributed by atoms with Crippen molar-refractivity contribution in [2.24, 2.45) is 23.7 Å². The van der Waals surface area contributed by atoms with Crippen molar-refractivity contribution in [1.29, 1.82) is 0 Å². The van der Waals surface area contributed by atoms with Gasteiger partial charge >= 0.3 is 0 Å². The second-order valence-electron chi connectivity index (χ2n) is 9.35. The molecule has 6 atom stereocenters. The van der Waals surface area contributed by atoms with E-state index in [1.165, 1.54) is 18.5 Å². The molecule has 31 heavy (non-hydrogen) atoms. The summed E-state index contributed by atoms with van der Waals surface area (Å²) in [5.41, 5.74) is 2.77. The van der Waals surface area contributed by atoms with Gasteiger partial charge in [-0.1, -0.05) is 48.9 Å². The molecule has 0 radical (unpaired) electrons. The quantitative estimate of drug-likeness (QED) is 0.263. The number of hydrogen-bond acceptors (Lipinski definition) is 3. The Morgan fingerprint density at radius 2 is 2.00 bits per heavy atom. The average molecular weight is 422 g/mol. The minimum Gasteiger partial charge on any atom is -0.392 e. The van der Waals surface area contributed by atoms with Crippen molar-refractivity contribution in [1.82, 2.24) is 0 Å². The monoisotopic (exact) mass is 421 g/mol. The van der Waals surface area contributed by atoms with E-state index in [0.29, 0.717) is 18.3 Å². The fourth-order valence-electron chi connectivity index (χ4n) is 5.12. The predicted octanol–water partition coefficient (Wildman–Crippen LogP) is 5.57. The van der Waals surface area contributed by atoms with Crippen LogP contribution >= 0.6 is 0 Å². The van der Waals surface area contributed by atoms with Crippen LogP contribution in [0, 0.1) is 35.5 Å². The normalized spacial score (nSPS) is 28.3. The van der Waals surface area contributed by atoms with Crippen molar-refractivity contribution in [3.8, 4) is 11.8 Å². The van der Waals surface area contributed by atoms with Gasteiger partial charge in [0.05, 0.1) is 12.2 Å². The van der Waals surface area contributed by atoms with Crippen LogP contribution in [0.5, 0.6) is 0 Å². The molecule has 168 valence electrons. The summed E-state index contributed by atoms with van der Waals surface area (Å²) >= 11 is 0. The third-order valence-electron chi connectivity index (χ3n) is 6.99. The lowest BCUT2D eigenvalue weighted by Crippen LogP contribution is -2.19. The molecule has 3 nitrogen and oxygen atoms in total. The van der Waals surface area contributed by atoms with Gasteiger partial charge in [0.2, 0.25) is 0 Å². The molecular weight excluding hydrogens is 382 g/mol. The summed E-state index contributed by atoms with van der Waals surface area (Å²) in [6.07, 6.45) is 13.0. The van der Waals surface area contributed by atoms with E-state index in [2.05, 4.69) is 53.6 Å². The van der Waals surface area contributed by atoms with Crippen LogP contribution in [0.25, 0.3) is 0 Å². The summed E-state index contributed by atoms with van der Waals surface area (Å²) in [4.78, 5) is 0. The minimum absolute atomic E-state index is 0.119. The molecule has 0 spiro atoms. The van der Waals surface area contributed by atoms with Crippen LogP contribution in [0.1, 0.15) is 58.8 Å². The zero-order chi connectivity index (χ0) is 22.1. The number of nitrogens with one attached hydrogen (secondary N) is 1. The molecule has 0 aromatic heterocycles. The van der Waals surface area contributed by atoms with Crippen molar-refractivity contribution < 1.29 is 10.2 Å². The molecule has 0 amide bonds. The summed E-state index contributed by atoms with van der Waals surface area (Å²) in [5, 5.41) is 24.4. The molecule has 0 saturated heterocycles. The third kappa shape index (κ3) is 6.99. The van der Waals surface area contributed by atoms with Gasteiger partial charge in [0.25, 0.3) is 0 Å². The number of benzene rings is 1. The molecule has 1 aromatic carbocycles. The Bertz CT molecular complexity index is 788. The summed E-state index contributed by atoms with van der Waals surface area (Å²) < 4.78 is 0. The Balaban J connectivity index is 1.41. The van der Waals surface area contributed by atoms with Gasteiger partial charge in [-0.3, -0.25) is 0 Å². The molecule has 0 unspecified atom stereocenters. The van der Waals surface area contributed by atoms with Crippen molar-refractivity contribution in [3.63, 3.8) is 0 Å². The van der Waals surface area contributed by atoms with Gasteiger partial charge in [0, 0.05) is 24.6 Å². The van der Waals surface area contributed by atoms with Crippen LogP contribution in [-0.2, 0) is 0 Å². The van der Waals surface area contributed by atoms with E-state index in [1.807, 2.05) is 26.0 Å². The van der Waals surface area contributed by atoms with Gasteiger partial charge < -0.3 is 15.5 Å². The number of allylic oxidation sites excluding steroid dienone is 2. The van der Waals surface area contributed by atoms with Crippen LogP contribution in [0.3, 0.4) is 0 Å². The predicted molar refractivity (Wildman–Crippen MR) is 130 cm³/mol. The molecule has 2 aliphatic carbocycles. The SMILES string of the molecule is CC#CC[C@H](C)[C@H](O)/C=C/[C@@H]1[C@H]2C/C(=C/CCCCNc3ccccc3)C[C@H]2C[C@H]1O. The van der Waals surface area contributed by atoms with Gasteiger partial charge in [0.1, 0.15) is 0 Å². The maximum Gasteiger partial charge on any atom is 0.0755 e. The molecule has 2 aliphatic rings.